The van der Waals surface area contributed by atoms with Crippen LogP contribution in [0.5, 0.6) is 0 Å². The van der Waals surface area contributed by atoms with Crippen molar-refractivity contribution in [2.24, 2.45) is 0 Å². The molecule has 0 saturated carbocycles. The van der Waals surface area contributed by atoms with Crippen LogP contribution in [0, 0.1) is 0 Å². The Bertz CT molecular complexity index is 192. The molecule has 0 rings (SSSR count). The summed E-state index contributed by atoms with van der Waals surface area (Å²) in [6, 6.07) is 0.171. The summed E-state index contributed by atoms with van der Waals surface area (Å²) >= 11 is 0. The molecule has 0 aromatic rings. The summed E-state index contributed by atoms with van der Waals surface area (Å²) in [5, 5.41) is 2.78. The van der Waals surface area contributed by atoms with Gasteiger partial charge in [-0.25, -0.2) is 0 Å². The van der Waals surface area contributed by atoms with Gasteiger partial charge in [-0.2, -0.15) is 0 Å². The molecule has 0 aromatic heterocycles. The van der Waals surface area contributed by atoms with Gasteiger partial charge in [0, 0.05) is 12.5 Å². The molecule has 0 saturated heterocycles. The second kappa shape index (κ2) is 7.35. The van der Waals surface area contributed by atoms with Crippen molar-refractivity contribution in [3.05, 3.63) is 0 Å². The highest BCUT2D eigenvalue weighted by molar-refractivity contribution is 5.81. The highest BCUT2D eigenvalue weighted by atomic mass is 16.5. The molecule has 0 aromatic carbocycles. The highest BCUT2D eigenvalue weighted by Gasteiger charge is 2.08. The van der Waals surface area contributed by atoms with Gasteiger partial charge in [0.25, 0.3) is 0 Å². The van der Waals surface area contributed by atoms with Crippen molar-refractivity contribution in [2.75, 3.05) is 6.61 Å². The smallest absolute Gasteiger partial charge is 0.306 e. The number of ether oxygens (including phenoxy) is 1. The molecule has 0 heterocycles. The van der Waals surface area contributed by atoms with E-state index in [9.17, 15) is 9.59 Å². The molecule has 0 aliphatic carbocycles. The Balaban J connectivity index is 3.58. The maximum absolute atomic E-state index is 11.2. The van der Waals surface area contributed by atoms with Crippen LogP contribution in [-0.2, 0) is 14.3 Å². The fourth-order valence-corrected chi connectivity index (χ4v) is 0.898. The van der Waals surface area contributed by atoms with E-state index in [4.69, 9.17) is 4.74 Å². The first-order valence-corrected chi connectivity index (χ1v) is 5.05. The normalized spacial score (nSPS) is 11.9. The fourth-order valence-electron chi connectivity index (χ4n) is 0.898. The van der Waals surface area contributed by atoms with Crippen molar-refractivity contribution in [2.45, 2.75) is 46.1 Å². The van der Waals surface area contributed by atoms with E-state index in [1.807, 2.05) is 13.8 Å². The number of hydrogen-bond donors (Lipinski definition) is 1. The average Bonchev–Trinajstić information content (AvgIpc) is 2.15. The molecule has 0 radical (unpaired) electrons. The Morgan fingerprint density at radius 2 is 1.93 bits per heavy atom. The third-order valence-corrected chi connectivity index (χ3v) is 1.88. The number of hydrogen-bond acceptors (Lipinski definition) is 3. The van der Waals surface area contributed by atoms with E-state index in [1.54, 1.807) is 6.92 Å². The first kappa shape index (κ1) is 12.9. The van der Waals surface area contributed by atoms with Crippen LogP contribution in [0.4, 0.5) is 0 Å². The van der Waals surface area contributed by atoms with Crippen molar-refractivity contribution in [3.63, 3.8) is 0 Å². The summed E-state index contributed by atoms with van der Waals surface area (Å²) in [5.74, 6) is -0.404. The lowest BCUT2D eigenvalue weighted by atomic mass is 10.2. The molecule has 0 aliphatic heterocycles. The van der Waals surface area contributed by atoms with Gasteiger partial charge in [0.15, 0.2) is 0 Å². The molecule has 4 heteroatoms. The standard InChI is InChI=1S/C10H19NO3/c1-4-8(3)11-9(12)6-7-10(13)14-5-2/h8H,4-7H2,1-3H3,(H,11,12)/t8-/m1/s1. The number of amides is 1. The number of carbonyl (C=O) groups is 2. The van der Waals surface area contributed by atoms with Gasteiger partial charge in [0.2, 0.25) is 5.91 Å². The number of esters is 1. The summed E-state index contributed by atoms with van der Waals surface area (Å²) in [5.41, 5.74) is 0. The Kier molecular flexibility index (Phi) is 6.80. The first-order chi connectivity index (χ1) is 6.60. The maximum atomic E-state index is 11.2. The van der Waals surface area contributed by atoms with Gasteiger partial charge in [-0.15, -0.1) is 0 Å². The number of nitrogens with one attached hydrogen (secondary N) is 1. The van der Waals surface area contributed by atoms with Crippen LogP contribution in [-0.4, -0.2) is 24.5 Å². The van der Waals surface area contributed by atoms with Crippen LogP contribution in [0.15, 0.2) is 0 Å². The van der Waals surface area contributed by atoms with Gasteiger partial charge in [0.05, 0.1) is 13.0 Å². The summed E-state index contributed by atoms with van der Waals surface area (Å²) in [6.07, 6.45) is 1.27. The lowest BCUT2D eigenvalue weighted by Crippen LogP contribution is -2.32. The monoisotopic (exact) mass is 201 g/mol. The van der Waals surface area contributed by atoms with Crippen molar-refractivity contribution in [1.82, 2.24) is 5.32 Å². The summed E-state index contributed by atoms with van der Waals surface area (Å²) in [4.78, 5) is 22.1. The van der Waals surface area contributed by atoms with E-state index in [0.29, 0.717) is 6.61 Å². The van der Waals surface area contributed by atoms with Crippen molar-refractivity contribution >= 4 is 11.9 Å². The number of carbonyl (C=O) groups excluding carboxylic acids is 2. The summed E-state index contributed by atoms with van der Waals surface area (Å²) in [6.45, 7) is 6.04. The maximum Gasteiger partial charge on any atom is 0.306 e. The van der Waals surface area contributed by atoms with E-state index in [1.165, 1.54) is 0 Å². The zero-order valence-corrected chi connectivity index (χ0v) is 9.13. The predicted molar refractivity (Wildman–Crippen MR) is 53.8 cm³/mol. The van der Waals surface area contributed by atoms with Crippen LogP contribution in [0.1, 0.15) is 40.0 Å². The van der Waals surface area contributed by atoms with Crippen LogP contribution in [0.3, 0.4) is 0 Å². The van der Waals surface area contributed by atoms with Crippen LogP contribution in [0.2, 0.25) is 0 Å². The summed E-state index contributed by atoms with van der Waals surface area (Å²) < 4.78 is 4.70. The van der Waals surface area contributed by atoms with Gasteiger partial charge in [-0.3, -0.25) is 9.59 Å². The first-order valence-electron chi connectivity index (χ1n) is 5.05. The second-order valence-corrected chi connectivity index (χ2v) is 3.18. The molecular weight excluding hydrogens is 182 g/mol. The highest BCUT2D eigenvalue weighted by Crippen LogP contribution is 1.95. The molecule has 0 aliphatic rings. The molecular formula is C10H19NO3. The van der Waals surface area contributed by atoms with E-state index < -0.39 is 0 Å². The minimum atomic E-state index is -0.313. The molecule has 4 nitrogen and oxygen atoms in total. The number of rotatable bonds is 6. The Morgan fingerprint density at radius 3 is 2.43 bits per heavy atom. The van der Waals surface area contributed by atoms with Crippen LogP contribution >= 0.6 is 0 Å². The molecule has 82 valence electrons. The topological polar surface area (TPSA) is 55.4 Å². The van der Waals surface area contributed by atoms with Crippen LogP contribution < -0.4 is 5.32 Å². The van der Waals surface area contributed by atoms with Crippen LogP contribution in [0.25, 0.3) is 0 Å². The Labute approximate surface area is 85.0 Å². The largest absolute Gasteiger partial charge is 0.466 e. The minimum absolute atomic E-state index is 0.0904. The SMILES string of the molecule is CCOC(=O)CCC(=O)N[C@H](C)CC. The average molecular weight is 201 g/mol. The van der Waals surface area contributed by atoms with E-state index >= 15 is 0 Å². The molecule has 0 spiro atoms. The molecule has 0 bridgehead atoms. The lowest BCUT2D eigenvalue weighted by Gasteiger charge is -2.10. The molecule has 0 fully saturated rings. The predicted octanol–water partition coefficient (Wildman–Crippen LogP) is 1.24. The molecule has 14 heavy (non-hydrogen) atoms. The molecule has 1 atom stereocenters. The third kappa shape index (κ3) is 6.46. The van der Waals surface area contributed by atoms with Gasteiger partial charge in [-0.05, 0) is 20.3 Å². The molecule has 0 unspecified atom stereocenters. The Hall–Kier alpha value is -1.06. The van der Waals surface area contributed by atoms with Gasteiger partial charge < -0.3 is 10.1 Å². The van der Waals surface area contributed by atoms with E-state index in [0.717, 1.165) is 6.42 Å². The van der Waals surface area contributed by atoms with Gasteiger partial charge >= 0.3 is 5.97 Å². The fraction of sp³-hybridized carbons (Fsp3) is 0.800. The van der Waals surface area contributed by atoms with Gasteiger partial charge in [-0.1, -0.05) is 6.92 Å². The quantitative estimate of drug-likeness (QED) is 0.658. The second-order valence-electron chi connectivity index (χ2n) is 3.18. The molecule has 1 amide bonds. The Morgan fingerprint density at radius 1 is 1.29 bits per heavy atom. The zero-order valence-electron chi connectivity index (χ0n) is 9.13. The van der Waals surface area contributed by atoms with Gasteiger partial charge in [0.1, 0.15) is 0 Å². The van der Waals surface area contributed by atoms with E-state index in [-0.39, 0.29) is 30.8 Å². The van der Waals surface area contributed by atoms with E-state index in [2.05, 4.69) is 5.32 Å². The van der Waals surface area contributed by atoms with Crippen molar-refractivity contribution in [1.29, 1.82) is 0 Å². The third-order valence-electron chi connectivity index (χ3n) is 1.88. The van der Waals surface area contributed by atoms with Crippen molar-refractivity contribution in [3.8, 4) is 0 Å². The lowest BCUT2D eigenvalue weighted by molar-refractivity contribution is -0.144. The molecule has 1 N–H and O–H groups in total. The minimum Gasteiger partial charge on any atom is -0.466 e. The summed E-state index contributed by atoms with van der Waals surface area (Å²) in [7, 11) is 0. The zero-order chi connectivity index (χ0) is 11.0. The van der Waals surface area contributed by atoms with Crippen molar-refractivity contribution < 1.29 is 14.3 Å².